The van der Waals surface area contributed by atoms with Gasteiger partial charge in [-0.3, -0.25) is 20.2 Å². The number of imide groups is 2. The van der Waals surface area contributed by atoms with Gasteiger partial charge in [-0.05, 0) is 36.4 Å². The van der Waals surface area contributed by atoms with Crippen molar-refractivity contribution in [3.8, 4) is 16.9 Å². The Bertz CT molecular complexity index is 1100. The Morgan fingerprint density at radius 1 is 0.893 bits per heavy atom. The molecule has 2 heterocycles. The largest absolute Gasteiger partial charge is 0.328 e. The summed E-state index contributed by atoms with van der Waals surface area (Å²) in [5.74, 6) is -1.54. The number of amides is 4. The maximum absolute atomic E-state index is 12.0. The Balaban J connectivity index is 1.83. The molecule has 0 aliphatic carbocycles. The van der Waals surface area contributed by atoms with E-state index in [2.05, 4.69) is 5.10 Å². The highest BCUT2D eigenvalue weighted by atomic mass is 35.5. The van der Waals surface area contributed by atoms with Crippen molar-refractivity contribution < 1.29 is 14.4 Å². The van der Waals surface area contributed by atoms with Gasteiger partial charge in [0.05, 0.1) is 17.1 Å². The maximum Gasteiger partial charge on any atom is 0.328 e. The molecule has 28 heavy (non-hydrogen) atoms. The summed E-state index contributed by atoms with van der Waals surface area (Å²) < 4.78 is 1.71. The van der Waals surface area contributed by atoms with E-state index < -0.39 is 17.8 Å². The summed E-state index contributed by atoms with van der Waals surface area (Å²) in [4.78, 5) is 35.2. The zero-order valence-electron chi connectivity index (χ0n) is 14.3. The molecule has 0 radical (unpaired) electrons. The van der Waals surface area contributed by atoms with Gasteiger partial charge in [0, 0.05) is 10.6 Å². The second kappa shape index (κ2) is 7.13. The van der Waals surface area contributed by atoms with Crippen molar-refractivity contribution in [2.75, 3.05) is 0 Å². The molecule has 2 N–H and O–H groups in total. The Morgan fingerprint density at radius 3 is 2.18 bits per heavy atom. The van der Waals surface area contributed by atoms with Crippen molar-refractivity contribution in [2.24, 2.45) is 0 Å². The van der Waals surface area contributed by atoms with Crippen molar-refractivity contribution in [1.82, 2.24) is 20.4 Å². The van der Waals surface area contributed by atoms with Crippen LogP contribution in [0.4, 0.5) is 4.79 Å². The first-order valence-corrected chi connectivity index (χ1v) is 8.69. The highest BCUT2D eigenvalue weighted by molar-refractivity contribution is 6.31. The second-order valence-corrected chi connectivity index (χ2v) is 6.44. The normalized spacial score (nSPS) is 13.9. The highest BCUT2D eigenvalue weighted by Crippen LogP contribution is 2.26. The molecular formula is C20H13ClN4O3. The van der Waals surface area contributed by atoms with E-state index in [0.29, 0.717) is 10.7 Å². The fourth-order valence-electron chi connectivity index (χ4n) is 2.82. The number of para-hydroxylation sites is 1. The monoisotopic (exact) mass is 392 g/mol. The lowest BCUT2D eigenvalue weighted by Gasteiger charge is -2.13. The average Bonchev–Trinajstić information content (AvgIpc) is 3.10. The van der Waals surface area contributed by atoms with Crippen LogP contribution >= 0.6 is 11.6 Å². The SMILES string of the molecule is O=C1NC(=O)C(=Cc2cc(-c3ccc(Cl)cc3)n(-c3ccccc3)n2)C(=O)N1. The van der Waals surface area contributed by atoms with Crippen molar-refractivity contribution in [3.05, 3.63) is 77.0 Å². The molecule has 4 rings (SSSR count). The number of hydrogen-bond acceptors (Lipinski definition) is 4. The van der Waals surface area contributed by atoms with Crippen LogP contribution in [-0.4, -0.2) is 27.6 Å². The number of aromatic nitrogens is 2. The molecular weight excluding hydrogens is 380 g/mol. The van der Waals surface area contributed by atoms with Crippen LogP contribution in [0, 0.1) is 0 Å². The van der Waals surface area contributed by atoms with Crippen LogP contribution in [0.15, 0.2) is 66.2 Å². The third-order valence-electron chi connectivity index (χ3n) is 4.10. The van der Waals surface area contributed by atoms with E-state index in [0.717, 1.165) is 16.9 Å². The number of carbonyl (C=O) groups excluding carboxylic acids is 3. The van der Waals surface area contributed by atoms with E-state index >= 15 is 0 Å². The van der Waals surface area contributed by atoms with Crippen LogP contribution in [0.25, 0.3) is 23.0 Å². The van der Waals surface area contributed by atoms with Crippen LogP contribution in [0.3, 0.4) is 0 Å². The number of carbonyl (C=O) groups is 3. The molecule has 0 saturated carbocycles. The first-order chi connectivity index (χ1) is 13.5. The van der Waals surface area contributed by atoms with Gasteiger partial charge in [0.15, 0.2) is 0 Å². The Kier molecular flexibility index (Phi) is 4.50. The summed E-state index contributed by atoms with van der Waals surface area (Å²) in [5.41, 5.74) is 2.62. The van der Waals surface area contributed by atoms with Gasteiger partial charge < -0.3 is 0 Å². The van der Waals surface area contributed by atoms with Crippen LogP contribution < -0.4 is 10.6 Å². The average molecular weight is 393 g/mol. The van der Waals surface area contributed by atoms with E-state index in [4.69, 9.17) is 11.6 Å². The molecule has 1 aliphatic rings. The number of barbiturate groups is 1. The first-order valence-electron chi connectivity index (χ1n) is 8.31. The number of hydrogen-bond donors (Lipinski definition) is 2. The standard InChI is InChI=1S/C20H13ClN4O3/c21-13-8-6-12(7-9-13)17-11-14(24-25(17)15-4-2-1-3-5-15)10-16-18(26)22-20(28)23-19(16)27/h1-11H,(H2,22,23,26,27,28). The van der Waals surface area contributed by atoms with Crippen molar-refractivity contribution in [3.63, 3.8) is 0 Å². The smallest absolute Gasteiger partial charge is 0.273 e. The van der Waals surface area contributed by atoms with Crippen LogP contribution in [0.2, 0.25) is 5.02 Å². The van der Waals surface area contributed by atoms with Gasteiger partial charge in [0.25, 0.3) is 11.8 Å². The van der Waals surface area contributed by atoms with Gasteiger partial charge in [-0.1, -0.05) is 41.9 Å². The molecule has 7 nitrogen and oxygen atoms in total. The molecule has 0 bridgehead atoms. The summed E-state index contributed by atoms with van der Waals surface area (Å²) in [6, 6.07) is 17.6. The quantitative estimate of drug-likeness (QED) is 0.529. The van der Waals surface area contributed by atoms with Gasteiger partial charge in [-0.15, -0.1) is 0 Å². The summed E-state index contributed by atoms with van der Waals surface area (Å²) in [5, 5.41) is 9.22. The molecule has 8 heteroatoms. The molecule has 3 aromatic rings. The van der Waals surface area contributed by atoms with Crippen LogP contribution in [0.5, 0.6) is 0 Å². The van der Waals surface area contributed by atoms with Gasteiger partial charge in [-0.25, -0.2) is 9.48 Å². The fraction of sp³-hybridized carbons (Fsp3) is 0. The third-order valence-corrected chi connectivity index (χ3v) is 4.36. The molecule has 0 atom stereocenters. The minimum Gasteiger partial charge on any atom is -0.273 e. The number of rotatable bonds is 3. The van der Waals surface area contributed by atoms with Gasteiger partial charge >= 0.3 is 6.03 Å². The minimum atomic E-state index is -0.844. The lowest BCUT2D eigenvalue weighted by atomic mass is 10.1. The molecule has 2 aromatic carbocycles. The predicted octanol–water partition coefficient (Wildman–Crippen LogP) is 2.94. The topological polar surface area (TPSA) is 93.1 Å². The Morgan fingerprint density at radius 2 is 1.54 bits per heavy atom. The molecule has 1 saturated heterocycles. The van der Waals surface area contributed by atoms with Crippen LogP contribution in [0.1, 0.15) is 5.69 Å². The number of nitrogens with one attached hydrogen (secondary N) is 2. The predicted molar refractivity (Wildman–Crippen MR) is 104 cm³/mol. The summed E-state index contributed by atoms with van der Waals surface area (Å²) in [7, 11) is 0. The minimum absolute atomic E-state index is 0.194. The molecule has 0 spiro atoms. The zero-order valence-corrected chi connectivity index (χ0v) is 15.1. The highest BCUT2D eigenvalue weighted by Gasteiger charge is 2.28. The Hall–Kier alpha value is -3.71. The van der Waals surface area contributed by atoms with E-state index in [9.17, 15) is 14.4 Å². The molecule has 1 aliphatic heterocycles. The summed E-state index contributed by atoms with van der Waals surface area (Å²) in [6.45, 7) is 0. The summed E-state index contributed by atoms with van der Waals surface area (Å²) >= 11 is 5.99. The molecule has 4 amide bonds. The van der Waals surface area contributed by atoms with Gasteiger partial charge in [0.1, 0.15) is 5.57 Å². The molecule has 1 fully saturated rings. The third kappa shape index (κ3) is 3.43. The number of halogens is 1. The molecule has 138 valence electrons. The van der Waals surface area contributed by atoms with E-state index in [1.54, 1.807) is 22.9 Å². The fourth-order valence-corrected chi connectivity index (χ4v) is 2.94. The van der Waals surface area contributed by atoms with E-state index in [1.165, 1.54) is 6.08 Å². The maximum atomic E-state index is 12.0. The molecule has 0 unspecified atom stereocenters. The van der Waals surface area contributed by atoms with Crippen LogP contribution in [-0.2, 0) is 9.59 Å². The number of nitrogens with zero attached hydrogens (tertiary/aromatic N) is 2. The van der Waals surface area contributed by atoms with Gasteiger partial charge in [0.2, 0.25) is 0 Å². The number of urea groups is 1. The van der Waals surface area contributed by atoms with Crippen molar-refractivity contribution in [1.29, 1.82) is 0 Å². The zero-order chi connectivity index (χ0) is 19.7. The van der Waals surface area contributed by atoms with Crippen molar-refractivity contribution >= 4 is 35.5 Å². The number of benzene rings is 2. The van der Waals surface area contributed by atoms with E-state index in [1.807, 2.05) is 53.1 Å². The first kappa shape index (κ1) is 17.7. The lowest BCUT2D eigenvalue weighted by Crippen LogP contribution is -2.51. The molecule has 1 aromatic heterocycles. The second-order valence-electron chi connectivity index (χ2n) is 6.00. The summed E-state index contributed by atoms with van der Waals surface area (Å²) in [6.07, 6.45) is 1.34. The Labute approximate surface area is 164 Å². The van der Waals surface area contributed by atoms with Gasteiger partial charge in [-0.2, -0.15) is 5.10 Å². The lowest BCUT2D eigenvalue weighted by molar-refractivity contribution is -0.123. The van der Waals surface area contributed by atoms with Crippen molar-refractivity contribution in [2.45, 2.75) is 0 Å². The van der Waals surface area contributed by atoms with E-state index in [-0.39, 0.29) is 5.57 Å².